The number of hydrogen-bond donors (Lipinski definition) is 2. The molecule has 1 heterocycles. The Morgan fingerprint density at radius 3 is 2.90 bits per heavy atom. The van der Waals surface area contributed by atoms with Crippen LogP contribution in [0, 0.1) is 0 Å². The van der Waals surface area contributed by atoms with E-state index in [4.69, 9.17) is 27.2 Å². The van der Waals surface area contributed by atoms with Gasteiger partial charge in [-0.05, 0) is 18.2 Å². The van der Waals surface area contributed by atoms with Crippen molar-refractivity contribution in [1.29, 1.82) is 0 Å². The summed E-state index contributed by atoms with van der Waals surface area (Å²) >= 11 is 5.87. The monoisotopic (exact) mass is 298 g/mol. The number of rotatable bonds is 4. The molecule has 0 bridgehead atoms. The molecule has 1 aromatic rings. The third kappa shape index (κ3) is 3.40. The highest BCUT2D eigenvalue weighted by atomic mass is 35.5. The van der Waals surface area contributed by atoms with E-state index < -0.39 is 18.0 Å². The molecule has 1 fully saturated rings. The third-order valence-electron chi connectivity index (χ3n) is 3.11. The van der Waals surface area contributed by atoms with E-state index in [1.807, 2.05) is 4.90 Å². The number of carbonyl (C=O) groups excluding carboxylic acids is 1. The molecule has 2 rings (SSSR count). The lowest BCUT2D eigenvalue weighted by atomic mass is 10.1. The second-order valence-electron chi connectivity index (χ2n) is 4.56. The Kier molecular flexibility index (Phi) is 4.46. The summed E-state index contributed by atoms with van der Waals surface area (Å²) in [6, 6.07) is 4.90. The molecule has 6 nitrogen and oxygen atoms in total. The fourth-order valence-corrected chi connectivity index (χ4v) is 2.41. The number of amides is 1. The van der Waals surface area contributed by atoms with Gasteiger partial charge < -0.3 is 20.5 Å². The number of anilines is 1. The number of ether oxygens (including phenoxy) is 1. The number of halogens is 1. The normalized spacial score (nSPS) is 18.9. The highest BCUT2D eigenvalue weighted by Gasteiger charge is 2.25. The molecule has 0 radical (unpaired) electrons. The lowest BCUT2D eigenvalue weighted by Gasteiger charge is -2.34. The number of carbonyl (C=O) groups is 2. The predicted octanol–water partition coefficient (Wildman–Crippen LogP) is 1.12. The number of morpholine rings is 1. The summed E-state index contributed by atoms with van der Waals surface area (Å²) < 4.78 is 5.40. The van der Waals surface area contributed by atoms with Crippen molar-refractivity contribution < 1.29 is 19.4 Å². The first-order valence-electron chi connectivity index (χ1n) is 6.15. The van der Waals surface area contributed by atoms with Gasteiger partial charge in [0.2, 0.25) is 0 Å². The van der Waals surface area contributed by atoms with Gasteiger partial charge >= 0.3 is 5.97 Å². The maximum absolute atomic E-state index is 11.5. The molecule has 0 spiro atoms. The highest BCUT2D eigenvalue weighted by Crippen LogP contribution is 2.26. The van der Waals surface area contributed by atoms with Gasteiger partial charge in [0.05, 0.1) is 24.7 Å². The molecule has 1 amide bonds. The van der Waals surface area contributed by atoms with Crippen molar-refractivity contribution in [1.82, 2.24) is 0 Å². The van der Waals surface area contributed by atoms with Crippen LogP contribution in [0.25, 0.3) is 0 Å². The van der Waals surface area contributed by atoms with Crippen molar-refractivity contribution in [3.63, 3.8) is 0 Å². The molecular formula is C13H15ClN2O4. The smallest absolute Gasteiger partial charge is 0.306 e. The summed E-state index contributed by atoms with van der Waals surface area (Å²) in [7, 11) is 0. The Hall–Kier alpha value is -1.79. The van der Waals surface area contributed by atoms with Crippen LogP contribution in [0.4, 0.5) is 5.69 Å². The Labute approximate surface area is 121 Å². The molecule has 7 heteroatoms. The van der Waals surface area contributed by atoms with E-state index in [-0.39, 0.29) is 6.42 Å². The molecule has 1 aliphatic rings. The number of nitrogens with two attached hydrogens (primary N) is 1. The number of primary amides is 1. The first kappa shape index (κ1) is 14.6. The molecule has 0 aromatic heterocycles. The molecule has 0 saturated carbocycles. The van der Waals surface area contributed by atoms with Crippen molar-refractivity contribution in [2.45, 2.75) is 12.5 Å². The zero-order valence-electron chi connectivity index (χ0n) is 10.7. The topological polar surface area (TPSA) is 92.9 Å². The average Bonchev–Trinajstić information content (AvgIpc) is 2.38. The van der Waals surface area contributed by atoms with Crippen LogP contribution in [0.15, 0.2) is 18.2 Å². The fourth-order valence-electron chi connectivity index (χ4n) is 2.24. The largest absolute Gasteiger partial charge is 0.481 e. The van der Waals surface area contributed by atoms with Gasteiger partial charge in [-0.1, -0.05) is 11.6 Å². The summed E-state index contributed by atoms with van der Waals surface area (Å²) in [5, 5.41) is 9.24. The van der Waals surface area contributed by atoms with Crippen molar-refractivity contribution in [3.8, 4) is 0 Å². The number of carboxylic acids is 1. The zero-order chi connectivity index (χ0) is 14.7. The SMILES string of the molecule is NC(=O)c1cc(Cl)ccc1N1CCOC(CC(=O)O)C1. The Bertz CT molecular complexity index is 535. The number of aliphatic carboxylic acids is 1. The molecular weight excluding hydrogens is 284 g/mol. The van der Waals surface area contributed by atoms with E-state index in [2.05, 4.69) is 0 Å². The van der Waals surface area contributed by atoms with Gasteiger partial charge in [0.15, 0.2) is 0 Å². The second kappa shape index (κ2) is 6.11. The molecule has 1 unspecified atom stereocenters. The highest BCUT2D eigenvalue weighted by molar-refractivity contribution is 6.31. The molecule has 1 aliphatic heterocycles. The van der Waals surface area contributed by atoms with Crippen LogP contribution in [-0.4, -0.2) is 42.8 Å². The lowest BCUT2D eigenvalue weighted by Crippen LogP contribution is -2.44. The van der Waals surface area contributed by atoms with Gasteiger partial charge in [-0.15, -0.1) is 0 Å². The quantitative estimate of drug-likeness (QED) is 0.869. The van der Waals surface area contributed by atoms with Crippen LogP contribution < -0.4 is 10.6 Å². The Morgan fingerprint density at radius 1 is 1.50 bits per heavy atom. The summed E-state index contributed by atoms with van der Waals surface area (Å²) in [5.41, 5.74) is 6.34. The summed E-state index contributed by atoms with van der Waals surface area (Å²) in [6.45, 7) is 1.37. The molecule has 20 heavy (non-hydrogen) atoms. The van der Waals surface area contributed by atoms with Gasteiger partial charge in [-0.3, -0.25) is 9.59 Å². The van der Waals surface area contributed by atoms with Crippen molar-refractivity contribution >= 4 is 29.2 Å². The van der Waals surface area contributed by atoms with Gasteiger partial charge in [0.25, 0.3) is 5.91 Å². The maximum Gasteiger partial charge on any atom is 0.306 e. The molecule has 0 aliphatic carbocycles. The van der Waals surface area contributed by atoms with E-state index in [0.717, 1.165) is 0 Å². The minimum atomic E-state index is -0.914. The molecule has 1 atom stereocenters. The van der Waals surface area contributed by atoms with Crippen LogP contribution in [0.3, 0.4) is 0 Å². The van der Waals surface area contributed by atoms with Gasteiger partial charge in [0.1, 0.15) is 0 Å². The van der Waals surface area contributed by atoms with Crippen LogP contribution in [0.1, 0.15) is 16.8 Å². The number of benzene rings is 1. The van der Waals surface area contributed by atoms with Crippen molar-refractivity contribution in [2.75, 3.05) is 24.6 Å². The fraction of sp³-hybridized carbons (Fsp3) is 0.385. The first-order valence-corrected chi connectivity index (χ1v) is 6.53. The van der Waals surface area contributed by atoms with Crippen LogP contribution in [0.5, 0.6) is 0 Å². The molecule has 108 valence electrons. The van der Waals surface area contributed by atoms with Crippen LogP contribution in [0.2, 0.25) is 5.02 Å². The first-order chi connectivity index (χ1) is 9.47. The number of hydrogen-bond acceptors (Lipinski definition) is 4. The summed E-state index contributed by atoms with van der Waals surface area (Å²) in [6.07, 6.45) is -0.478. The zero-order valence-corrected chi connectivity index (χ0v) is 11.5. The minimum Gasteiger partial charge on any atom is -0.481 e. The molecule has 1 saturated heterocycles. The number of carboxylic acid groups (broad SMARTS) is 1. The standard InChI is InChI=1S/C13H15ClN2O4/c14-8-1-2-11(10(5-8)13(15)19)16-3-4-20-9(7-16)6-12(17)18/h1-2,5,9H,3-4,6-7H2,(H2,15,19)(H,17,18). The van der Waals surface area contributed by atoms with E-state index >= 15 is 0 Å². The number of nitrogens with zero attached hydrogens (tertiary/aromatic N) is 1. The van der Waals surface area contributed by atoms with Gasteiger partial charge in [-0.25, -0.2) is 0 Å². The summed E-state index contributed by atoms with van der Waals surface area (Å²) in [5.74, 6) is -1.48. The average molecular weight is 299 g/mol. The lowest BCUT2D eigenvalue weighted by molar-refractivity contribution is -0.140. The second-order valence-corrected chi connectivity index (χ2v) is 5.00. The third-order valence-corrected chi connectivity index (χ3v) is 3.34. The molecule has 3 N–H and O–H groups in total. The minimum absolute atomic E-state index is 0.0734. The van der Waals surface area contributed by atoms with Gasteiger partial charge in [-0.2, -0.15) is 0 Å². The van der Waals surface area contributed by atoms with Crippen molar-refractivity contribution in [3.05, 3.63) is 28.8 Å². The maximum atomic E-state index is 11.5. The Morgan fingerprint density at radius 2 is 2.25 bits per heavy atom. The molecule has 1 aromatic carbocycles. The summed E-state index contributed by atoms with van der Waals surface area (Å²) in [4.78, 5) is 24.1. The predicted molar refractivity (Wildman–Crippen MR) is 74.2 cm³/mol. The van der Waals surface area contributed by atoms with Gasteiger partial charge in [0, 0.05) is 23.8 Å². The van der Waals surface area contributed by atoms with E-state index in [1.54, 1.807) is 12.1 Å². The van der Waals surface area contributed by atoms with E-state index in [0.29, 0.717) is 36.0 Å². The van der Waals surface area contributed by atoms with Crippen molar-refractivity contribution in [2.24, 2.45) is 5.73 Å². The van der Waals surface area contributed by atoms with Crippen LogP contribution >= 0.6 is 11.6 Å². The van der Waals surface area contributed by atoms with Crippen LogP contribution in [-0.2, 0) is 9.53 Å². The Balaban J connectivity index is 2.22. The van der Waals surface area contributed by atoms with E-state index in [9.17, 15) is 9.59 Å². The van der Waals surface area contributed by atoms with E-state index in [1.165, 1.54) is 6.07 Å².